The molecule has 2 N–H and O–H groups in total. The van der Waals surface area contributed by atoms with E-state index in [2.05, 4.69) is 10.6 Å². The van der Waals surface area contributed by atoms with Crippen LogP contribution in [0.4, 0.5) is 0 Å². The van der Waals surface area contributed by atoms with E-state index in [1.165, 1.54) is 14.0 Å². The first-order valence-corrected chi connectivity index (χ1v) is 6.89. The SMILES string of the molecule is CC[C@H](C)[C@H](NC(=O)[C@H](NC(C)=O)C(C)C)C(=O)OC. The summed E-state index contributed by atoms with van der Waals surface area (Å²) in [6.45, 7) is 8.81. The van der Waals surface area contributed by atoms with E-state index in [-0.39, 0.29) is 23.7 Å². The molecule has 0 radical (unpaired) electrons. The Labute approximate surface area is 120 Å². The molecule has 20 heavy (non-hydrogen) atoms. The third kappa shape index (κ3) is 5.59. The zero-order valence-corrected chi connectivity index (χ0v) is 13.1. The zero-order valence-electron chi connectivity index (χ0n) is 13.1. The van der Waals surface area contributed by atoms with Gasteiger partial charge in [-0.25, -0.2) is 4.79 Å². The van der Waals surface area contributed by atoms with Crippen LogP contribution in [0.25, 0.3) is 0 Å². The summed E-state index contributed by atoms with van der Waals surface area (Å²) in [6, 6.07) is -1.36. The summed E-state index contributed by atoms with van der Waals surface area (Å²) in [6.07, 6.45) is 0.729. The van der Waals surface area contributed by atoms with E-state index in [4.69, 9.17) is 4.74 Å². The maximum Gasteiger partial charge on any atom is 0.328 e. The summed E-state index contributed by atoms with van der Waals surface area (Å²) in [5, 5.41) is 5.27. The number of hydrogen-bond donors (Lipinski definition) is 2. The second-order valence-electron chi connectivity index (χ2n) is 5.32. The van der Waals surface area contributed by atoms with Crippen molar-refractivity contribution in [3.63, 3.8) is 0 Å². The van der Waals surface area contributed by atoms with Gasteiger partial charge in [0.1, 0.15) is 12.1 Å². The lowest BCUT2D eigenvalue weighted by Gasteiger charge is -2.26. The Morgan fingerprint density at radius 1 is 1.05 bits per heavy atom. The Balaban J connectivity index is 4.95. The number of esters is 1. The molecule has 0 aliphatic rings. The van der Waals surface area contributed by atoms with Crippen molar-refractivity contribution in [2.45, 2.75) is 53.1 Å². The molecule has 0 aromatic rings. The van der Waals surface area contributed by atoms with Crippen molar-refractivity contribution >= 4 is 17.8 Å². The normalized spacial score (nSPS) is 15.2. The number of amides is 2. The quantitative estimate of drug-likeness (QED) is 0.680. The fourth-order valence-electron chi connectivity index (χ4n) is 1.79. The van der Waals surface area contributed by atoms with Crippen LogP contribution in [0.2, 0.25) is 0 Å². The van der Waals surface area contributed by atoms with Gasteiger partial charge in [0.2, 0.25) is 11.8 Å². The molecule has 0 spiro atoms. The van der Waals surface area contributed by atoms with Crippen LogP contribution in [0.15, 0.2) is 0 Å². The second-order valence-corrected chi connectivity index (χ2v) is 5.32. The average molecular weight is 286 g/mol. The highest BCUT2D eigenvalue weighted by Crippen LogP contribution is 2.11. The third-order valence-corrected chi connectivity index (χ3v) is 3.27. The van der Waals surface area contributed by atoms with Gasteiger partial charge in [0.05, 0.1) is 7.11 Å². The van der Waals surface area contributed by atoms with Gasteiger partial charge in [-0.1, -0.05) is 34.1 Å². The van der Waals surface area contributed by atoms with Gasteiger partial charge in [-0.05, 0) is 11.8 Å². The standard InChI is InChI=1S/C14H26N2O4/c1-7-9(4)12(14(19)20-6)16-13(18)11(8(2)3)15-10(5)17/h8-9,11-12H,7H2,1-6H3,(H,15,17)(H,16,18)/t9-,11+,12-/m0/s1. The van der Waals surface area contributed by atoms with Gasteiger partial charge in [-0.15, -0.1) is 0 Å². The summed E-state index contributed by atoms with van der Waals surface area (Å²) < 4.78 is 4.72. The maximum atomic E-state index is 12.2. The molecule has 6 heteroatoms. The van der Waals surface area contributed by atoms with Gasteiger partial charge in [-0.2, -0.15) is 0 Å². The van der Waals surface area contributed by atoms with Crippen LogP contribution in [0.3, 0.4) is 0 Å². The van der Waals surface area contributed by atoms with Gasteiger partial charge in [-0.3, -0.25) is 9.59 Å². The fourth-order valence-corrected chi connectivity index (χ4v) is 1.79. The molecule has 0 aromatic heterocycles. The van der Waals surface area contributed by atoms with Gasteiger partial charge in [0.25, 0.3) is 0 Å². The molecule has 0 fully saturated rings. The first kappa shape index (κ1) is 18.4. The van der Waals surface area contributed by atoms with E-state index in [1.807, 2.05) is 27.7 Å². The number of carbonyl (C=O) groups is 3. The molecule has 0 bridgehead atoms. The molecular formula is C14H26N2O4. The summed E-state index contributed by atoms with van der Waals surface area (Å²) in [4.78, 5) is 35.1. The van der Waals surface area contributed by atoms with Gasteiger partial charge in [0, 0.05) is 6.92 Å². The molecule has 0 heterocycles. The van der Waals surface area contributed by atoms with Gasteiger partial charge in [0.15, 0.2) is 0 Å². The highest BCUT2D eigenvalue weighted by molar-refractivity contribution is 5.90. The highest BCUT2D eigenvalue weighted by Gasteiger charge is 2.31. The predicted octanol–water partition coefficient (Wildman–Crippen LogP) is 0.851. The lowest BCUT2D eigenvalue weighted by atomic mass is 9.97. The highest BCUT2D eigenvalue weighted by atomic mass is 16.5. The predicted molar refractivity (Wildman–Crippen MR) is 75.8 cm³/mol. The number of ether oxygens (including phenoxy) is 1. The number of methoxy groups -OCH3 is 1. The van der Waals surface area contributed by atoms with E-state index < -0.39 is 18.1 Å². The lowest BCUT2D eigenvalue weighted by molar-refractivity contribution is -0.147. The van der Waals surface area contributed by atoms with Crippen LogP contribution in [0.5, 0.6) is 0 Å². The van der Waals surface area contributed by atoms with Crippen molar-refractivity contribution in [2.75, 3.05) is 7.11 Å². The average Bonchev–Trinajstić information content (AvgIpc) is 2.39. The summed E-state index contributed by atoms with van der Waals surface area (Å²) >= 11 is 0. The Bertz CT molecular complexity index is 355. The van der Waals surface area contributed by atoms with E-state index in [0.29, 0.717) is 0 Å². The van der Waals surface area contributed by atoms with E-state index >= 15 is 0 Å². The summed E-state index contributed by atoms with van der Waals surface area (Å²) in [5.74, 6) is -1.24. The Morgan fingerprint density at radius 2 is 1.60 bits per heavy atom. The number of nitrogens with one attached hydrogen (secondary N) is 2. The van der Waals surface area contributed by atoms with Crippen LogP contribution >= 0.6 is 0 Å². The molecule has 6 nitrogen and oxygen atoms in total. The maximum absolute atomic E-state index is 12.2. The molecule has 0 aliphatic carbocycles. The monoisotopic (exact) mass is 286 g/mol. The topological polar surface area (TPSA) is 84.5 Å². The molecule has 116 valence electrons. The minimum atomic E-state index is -0.701. The Hall–Kier alpha value is -1.59. The van der Waals surface area contributed by atoms with Crippen molar-refractivity contribution in [2.24, 2.45) is 11.8 Å². The smallest absolute Gasteiger partial charge is 0.328 e. The van der Waals surface area contributed by atoms with Crippen molar-refractivity contribution in [1.29, 1.82) is 0 Å². The van der Waals surface area contributed by atoms with Crippen molar-refractivity contribution in [3.8, 4) is 0 Å². The molecule has 2 amide bonds. The van der Waals surface area contributed by atoms with Crippen molar-refractivity contribution in [1.82, 2.24) is 10.6 Å². The largest absolute Gasteiger partial charge is 0.467 e. The third-order valence-electron chi connectivity index (χ3n) is 3.27. The molecule has 3 atom stereocenters. The molecule has 0 aliphatic heterocycles. The second kappa shape index (κ2) is 8.55. The van der Waals surface area contributed by atoms with E-state index in [1.54, 1.807) is 0 Å². The van der Waals surface area contributed by atoms with Crippen molar-refractivity contribution < 1.29 is 19.1 Å². The minimum Gasteiger partial charge on any atom is -0.467 e. The first-order valence-electron chi connectivity index (χ1n) is 6.89. The number of hydrogen-bond acceptors (Lipinski definition) is 4. The number of carbonyl (C=O) groups excluding carboxylic acids is 3. The lowest BCUT2D eigenvalue weighted by Crippen LogP contribution is -2.55. The minimum absolute atomic E-state index is 0.0449. The van der Waals surface area contributed by atoms with Crippen molar-refractivity contribution in [3.05, 3.63) is 0 Å². The molecule has 0 saturated carbocycles. The van der Waals surface area contributed by atoms with Crippen LogP contribution < -0.4 is 10.6 Å². The van der Waals surface area contributed by atoms with Crippen LogP contribution in [0.1, 0.15) is 41.0 Å². The molecule has 0 saturated heterocycles. The first-order chi connectivity index (χ1) is 9.24. The van der Waals surface area contributed by atoms with Crippen LogP contribution in [0, 0.1) is 11.8 Å². The molecule has 0 aromatic carbocycles. The zero-order chi connectivity index (χ0) is 15.9. The van der Waals surface area contributed by atoms with E-state index in [9.17, 15) is 14.4 Å². The van der Waals surface area contributed by atoms with E-state index in [0.717, 1.165) is 6.42 Å². The van der Waals surface area contributed by atoms with Gasteiger partial charge >= 0.3 is 5.97 Å². The molecule has 0 unspecified atom stereocenters. The fraction of sp³-hybridized carbons (Fsp3) is 0.786. The Morgan fingerprint density at radius 3 is 1.95 bits per heavy atom. The molecular weight excluding hydrogens is 260 g/mol. The molecule has 0 rings (SSSR count). The number of rotatable bonds is 7. The van der Waals surface area contributed by atoms with Gasteiger partial charge < -0.3 is 15.4 Å². The Kier molecular flexibility index (Phi) is 7.87. The summed E-state index contributed by atoms with van der Waals surface area (Å²) in [7, 11) is 1.29. The van der Waals surface area contributed by atoms with Crippen LogP contribution in [-0.4, -0.2) is 37.0 Å². The van der Waals surface area contributed by atoms with Crippen LogP contribution in [-0.2, 0) is 19.1 Å². The summed E-state index contributed by atoms with van der Waals surface area (Å²) in [5.41, 5.74) is 0.